The van der Waals surface area contributed by atoms with Gasteiger partial charge >= 0.3 is 0 Å². The molecular formula is C16H22N2O. The number of hydrogen-bond donors (Lipinski definition) is 1. The molecule has 0 aliphatic carbocycles. The van der Waals surface area contributed by atoms with Crippen molar-refractivity contribution in [1.82, 2.24) is 5.32 Å². The van der Waals surface area contributed by atoms with E-state index in [2.05, 4.69) is 37.4 Å². The van der Waals surface area contributed by atoms with Gasteiger partial charge in [0.15, 0.2) is 0 Å². The molecule has 0 saturated carbocycles. The molecule has 0 heterocycles. The van der Waals surface area contributed by atoms with Gasteiger partial charge in [0.05, 0.1) is 6.07 Å². The van der Waals surface area contributed by atoms with Crippen LogP contribution in [0.5, 0.6) is 0 Å². The number of amides is 1. The van der Waals surface area contributed by atoms with Gasteiger partial charge < -0.3 is 5.32 Å². The van der Waals surface area contributed by atoms with Crippen molar-refractivity contribution >= 4 is 5.91 Å². The monoisotopic (exact) mass is 258 g/mol. The fourth-order valence-corrected chi connectivity index (χ4v) is 1.88. The smallest absolute Gasteiger partial charge is 0.237 e. The summed E-state index contributed by atoms with van der Waals surface area (Å²) in [7, 11) is 0. The van der Waals surface area contributed by atoms with Crippen LogP contribution in [0.25, 0.3) is 0 Å². The Kier molecular flexibility index (Phi) is 6.08. The summed E-state index contributed by atoms with van der Waals surface area (Å²) >= 11 is 0. The molecule has 0 aliphatic rings. The van der Waals surface area contributed by atoms with Gasteiger partial charge in [-0.3, -0.25) is 4.79 Å². The van der Waals surface area contributed by atoms with Crippen molar-refractivity contribution in [3.63, 3.8) is 0 Å². The van der Waals surface area contributed by atoms with Gasteiger partial charge in [-0.2, -0.15) is 5.26 Å². The van der Waals surface area contributed by atoms with Crippen molar-refractivity contribution in [1.29, 1.82) is 5.26 Å². The van der Waals surface area contributed by atoms with E-state index in [1.807, 2.05) is 19.1 Å². The minimum Gasteiger partial charge on any atom is -0.351 e. The molecule has 1 aromatic carbocycles. The molecule has 102 valence electrons. The van der Waals surface area contributed by atoms with Gasteiger partial charge in [0.1, 0.15) is 5.92 Å². The molecule has 3 heteroatoms. The number of carbonyl (C=O) groups excluding carboxylic acids is 1. The number of carbonyl (C=O) groups is 1. The Morgan fingerprint density at radius 3 is 2.42 bits per heavy atom. The van der Waals surface area contributed by atoms with E-state index in [0.717, 1.165) is 12.0 Å². The highest BCUT2D eigenvalue weighted by Gasteiger charge is 2.15. The first kappa shape index (κ1) is 15.2. The maximum Gasteiger partial charge on any atom is 0.237 e. The topological polar surface area (TPSA) is 52.9 Å². The predicted octanol–water partition coefficient (Wildman–Crippen LogP) is 3.37. The van der Waals surface area contributed by atoms with Crippen LogP contribution < -0.4 is 5.32 Å². The van der Waals surface area contributed by atoms with Crippen molar-refractivity contribution in [3.8, 4) is 6.07 Å². The molecule has 0 aromatic heterocycles. The number of rotatable bonds is 6. The van der Waals surface area contributed by atoms with Crippen LogP contribution in [0.15, 0.2) is 24.3 Å². The summed E-state index contributed by atoms with van der Waals surface area (Å²) in [6.45, 7) is 6.76. The third-order valence-electron chi connectivity index (χ3n) is 3.16. The SMILES string of the molecule is CCCC(C#N)C(=O)NCc1ccc(C(C)C)cc1. The lowest BCUT2D eigenvalue weighted by molar-refractivity contribution is -0.123. The van der Waals surface area contributed by atoms with Gasteiger partial charge in [-0.15, -0.1) is 0 Å². The first-order valence-corrected chi connectivity index (χ1v) is 6.84. The highest BCUT2D eigenvalue weighted by Crippen LogP contribution is 2.14. The van der Waals surface area contributed by atoms with Gasteiger partial charge in [0.25, 0.3) is 0 Å². The average Bonchev–Trinajstić information content (AvgIpc) is 2.42. The van der Waals surface area contributed by atoms with Gasteiger partial charge in [-0.1, -0.05) is 51.5 Å². The van der Waals surface area contributed by atoms with Crippen LogP contribution in [0, 0.1) is 17.2 Å². The molecule has 0 aliphatic heterocycles. The highest BCUT2D eigenvalue weighted by molar-refractivity contribution is 5.80. The van der Waals surface area contributed by atoms with E-state index in [9.17, 15) is 4.79 Å². The molecule has 1 amide bonds. The number of nitrogens with zero attached hydrogens (tertiary/aromatic N) is 1. The molecular weight excluding hydrogens is 236 g/mol. The van der Waals surface area contributed by atoms with Crippen molar-refractivity contribution in [3.05, 3.63) is 35.4 Å². The number of benzene rings is 1. The van der Waals surface area contributed by atoms with Gasteiger partial charge in [0, 0.05) is 6.54 Å². The lowest BCUT2D eigenvalue weighted by Crippen LogP contribution is -2.29. The lowest BCUT2D eigenvalue weighted by atomic mass is 10.0. The predicted molar refractivity (Wildman–Crippen MR) is 76.4 cm³/mol. The summed E-state index contributed by atoms with van der Waals surface area (Å²) in [5.41, 5.74) is 2.35. The number of nitriles is 1. The fourth-order valence-electron chi connectivity index (χ4n) is 1.88. The maximum absolute atomic E-state index is 11.8. The summed E-state index contributed by atoms with van der Waals surface area (Å²) in [6, 6.07) is 10.3. The Hall–Kier alpha value is -1.82. The minimum absolute atomic E-state index is 0.169. The van der Waals surface area contributed by atoms with E-state index in [1.54, 1.807) is 0 Å². The zero-order valence-electron chi connectivity index (χ0n) is 11.9. The highest BCUT2D eigenvalue weighted by atomic mass is 16.1. The third-order valence-corrected chi connectivity index (χ3v) is 3.16. The van der Waals surface area contributed by atoms with Crippen LogP contribution in [0.3, 0.4) is 0 Å². The van der Waals surface area contributed by atoms with E-state index >= 15 is 0 Å². The Morgan fingerprint density at radius 1 is 1.32 bits per heavy atom. The van der Waals surface area contributed by atoms with Gasteiger partial charge in [0.2, 0.25) is 5.91 Å². The summed E-state index contributed by atoms with van der Waals surface area (Å²) in [6.07, 6.45) is 1.46. The molecule has 1 rings (SSSR count). The van der Waals surface area contributed by atoms with Crippen LogP contribution in [-0.2, 0) is 11.3 Å². The standard InChI is InChI=1S/C16H22N2O/c1-4-5-15(10-17)16(19)18-11-13-6-8-14(9-7-13)12(2)3/h6-9,12,15H,4-5,11H2,1-3H3,(H,18,19). The summed E-state index contributed by atoms with van der Waals surface area (Å²) < 4.78 is 0. The average molecular weight is 258 g/mol. The Labute approximate surface area is 115 Å². The second kappa shape index (κ2) is 7.58. The van der Waals surface area contributed by atoms with Crippen LogP contribution in [-0.4, -0.2) is 5.91 Å². The van der Waals surface area contributed by atoms with Crippen molar-refractivity contribution in [2.45, 2.75) is 46.1 Å². The molecule has 1 unspecified atom stereocenters. The summed E-state index contributed by atoms with van der Waals surface area (Å²) in [5, 5.41) is 11.7. The molecule has 0 saturated heterocycles. The molecule has 0 radical (unpaired) electrons. The van der Waals surface area contributed by atoms with Crippen LogP contribution in [0.1, 0.15) is 50.7 Å². The number of nitrogens with one attached hydrogen (secondary N) is 1. The quantitative estimate of drug-likeness (QED) is 0.850. The molecule has 0 fully saturated rings. The first-order chi connectivity index (χ1) is 9.08. The van der Waals surface area contributed by atoms with E-state index in [4.69, 9.17) is 5.26 Å². The minimum atomic E-state index is -0.528. The van der Waals surface area contributed by atoms with Crippen LogP contribution in [0.4, 0.5) is 0 Å². The van der Waals surface area contributed by atoms with E-state index in [-0.39, 0.29) is 5.91 Å². The van der Waals surface area contributed by atoms with Gasteiger partial charge in [-0.25, -0.2) is 0 Å². The van der Waals surface area contributed by atoms with E-state index in [1.165, 1.54) is 5.56 Å². The zero-order chi connectivity index (χ0) is 14.3. The normalized spacial score (nSPS) is 11.9. The third kappa shape index (κ3) is 4.75. The lowest BCUT2D eigenvalue weighted by Gasteiger charge is -2.10. The van der Waals surface area contributed by atoms with E-state index in [0.29, 0.717) is 18.9 Å². The molecule has 19 heavy (non-hydrogen) atoms. The van der Waals surface area contributed by atoms with Crippen LogP contribution in [0.2, 0.25) is 0 Å². The number of hydrogen-bond acceptors (Lipinski definition) is 2. The summed E-state index contributed by atoms with van der Waals surface area (Å²) in [4.78, 5) is 11.8. The maximum atomic E-state index is 11.8. The molecule has 0 spiro atoms. The Balaban J connectivity index is 2.52. The molecule has 1 aromatic rings. The molecule has 0 bridgehead atoms. The zero-order valence-corrected chi connectivity index (χ0v) is 11.9. The molecule has 1 atom stereocenters. The Morgan fingerprint density at radius 2 is 1.95 bits per heavy atom. The van der Waals surface area contributed by atoms with Crippen molar-refractivity contribution < 1.29 is 4.79 Å². The van der Waals surface area contributed by atoms with Crippen molar-refractivity contribution in [2.75, 3.05) is 0 Å². The summed E-state index contributed by atoms with van der Waals surface area (Å²) in [5.74, 6) is -0.187. The van der Waals surface area contributed by atoms with Crippen molar-refractivity contribution in [2.24, 2.45) is 5.92 Å². The molecule has 3 nitrogen and oxygen atoms in total. The van der Waals surface area contributed by atoms with Crippen LogP contribution >= 0.6 is 0 Å². The van der Waals surface area contributed by atoms with E-state index < -0.39 is 5.92 Å². The molecule has 1 N–H and O–H groups in total. The van der Waals surface area contributed by atoms with Gasteiger partial charge in [-0.05, 0) is 23.5 Å². The largest absolute Gasteiger partial charge is 0.351 e. The second-order valence-corrected chi connectivity index (χ2v) is 5.08. The Bertz CT molecular complexity index is 443. The first-order valence-electron chi connectivity index (χ1n) is 6.84. The fraction of sp³-hybridized carbons (Fsp3) is 0.500. The second-order valence-electron chi connectivity index (χ2n) is 5.08.